The van der Waals surface area contributed by atoms with Gasteiger partial charge >= 0.3 is 0 Å². The number of halogens is 3. The van der Waals surface area contributed by atoms with Gasteiger partial charge in [-0.15, -0.1) is 0 Å². The summed E-state index contributed by atoms with van der Waals surface area (Å²) < 4.78 is 28.3. The van der Waals surface area contributed by atoms with E-state index in [4.69, 9.17) is 23.2 Å². The predicted molar refractivity (Wildman–Crippen MR) is 160 cm³/mol. The van der Waals surface area contributed by atoms with Crippen LogP contribution in [0.1, 0.15) is 50.5 Å². The van der Waals surface area contributed by atoms with E-state index >= 15 is 0 Å². The van der Waals surface area contributed by atoms with Crippen LogP contribution in [0.15, 0.2) is 57.9 Å². The maximum atomic E-state index is 12.4. The third kappa shape index (κ3) is 11.0. The van der Waals surface area contributed by atoms with Gasteiger partial charge in [0.25, 0.3) is 0 Å². The van der Waals surface area contributed by atoms with Gasteiger partial charge in [-0.1, -0.05) is 51.6 Å². The molecule has 1 aliphatic heterocycles. The van der Waals surface area contributed by atoms with Crippen molar-refractivity contribution in [2.24, 2.45) is 5.92 Å². The summed E-state index contributed by atoms with van der Waals surface area (Å²) in [6.45, 7) is 4.43. The number of hydrogen-bond acceptors (Lipinski definition) is 4. The summed E-state index contributed by atoms with van der Waals surface area (Å²) in [6.07, 6.45) is 10.6. The highest BCUT2D eigenvalue weighted by Gasteiger charge is 2.19. The van der Waals surface area contributed by atoms with E-state index in [0.29, 0.717) is 33.9 Å². The normalized spacial score (nSPS) is 15.2. The molecule has 2 aromatic carbocycles. The molecule has 0 bridgehead atoms. The molecule has 0 aliphatic carbocycles. The maximum absolute atomic E-state index is 12.4. The monoisotopic (exact) mass is 643 g/mol. The van der Waals surface area contributed by atoms with Gasteiger partial charge in [0.1, 0.15) is 0 Å². The molecule has 1 fully saturated rings. The molecule has 0 spiro atoms. The average Bonchev–Trinajstić information content (AvgIpc) is 2.90. The molecule has 0 aromatic heterocycles. The minimum atomic E-state index is -3.44. The molecule has 38 heavy (non-hydrogen) atoms. The summed E-state index contributed by atoms with van der Waals surface area (Å²) in [4.78, 5) is 14.8. The minimum absolute atomic E-state index is 0.112. The molecule has 1 saturated heterocycles. The van der Waals surface area contributed by atoms with Gasteiger partial charge in [0.15, 0.2) is 0 Å². The van der Waals surface area contributed by atoms with Gasteiger partial charge in [0.05, 0.1) is 14.9 Å². The lowest BCUT2D eigenvalue weighted by Crippen LogP contribution is -2.34. The Morgan fingerprint density at radius 3 is 2.42 bits per heavy atom. The van der Waals surface area contributed by atoms with E-state index in [9.17, 15) is 13.2 Å². The number of sulfonamides is 1. The molecule has 1 amide bonds. The third-order valence-corrected chi connectivity index (χ3v) is 9.48. The first-order chi connectivity index (χ1) is 18.2. The van der Waals surface area contributed by atoms with Gasteiger partial charge in [-0.3, -0.25) is 4.79 Å². The molecule has 2 aromatic rings. The number of nitrogens with zero attached hydrogens (tertiary/aromatic N) is 1. The van der Waals surface area contributed by atoms with Crippen LogP contribution in [0.5, 0.6) is 0 Å². The van der Waals surface area contributed by atoms with Gasteiger partial charge in [-0.05, 0) is 112 Å². The van der Waals surface area contributed by atoms with Gasteiger partial charge in [0, 0.05) is 23.6 Å². The first kappa shape index (κ1) is 31.1. The number of amides is 1. The van der Waals surface area contributed by atoms with E-state index in [1.54, 1.807) is 42.5 Å². The Morgan fingerprint density at radius 2 is 1.71 bits per heavy atom. The maximum Gasteiger partial charge on any atom is 0.243 e. The Balaban J connectivity index is 1.19. The summed E-state index contributed by atoms with van der Waals surface area (Å²) >= 11 is 15.2. The van der Waals surface area contributed by atoms with Crippen molar-refractivity contribution in [1.82, 2.24) is 14.9 Å². The summed E-state index contributed by atoms with van der Waals surface area (Å²) in [5, 5.41) is 3.89. The van der Waals surface area contributed by atoms with Crippen molar-refractivity contribution < 1.29 is 13.2 Å². The standard InChI is InChI=1S/C28H36BrCl2N3O3S/c29-24-8-10-25(11-9-24)38(36,37)33-17-4-5-22-14-19-34(20-15-22)18-3-1-2-16-32-28(35)13-7-23-6-12-26(30)27(31)21-23/h6-13,21-22,33H,1-5,14-20H2,(H,32,35)/b13-7+. The van der Waals surface area contributed by atoms with Crippen molar-refractivity contribution in [1.29, 1.82) is 0 Å². The second-order valence-electron chi connectivity index (χ2n) is 9.64. The highest BCUT2D eigenvalue weighted by atomic mass is 79.9. The van der Waals surface area contributed by atoms with Crippen molar-refractivity contribution in [3.63, 3.8) is 0 Å². The van der Waals surface area contributed by atoms with Crippen LogP contribution >= 0.6 is 39.1 Å². The SMILES string of the molecule is O=C(/C=C/c1ccc(Cl)c(Cl)c1)NCCCCCN1CCC(CCCNS(=O)(=O)c2ccc(Br)cc2)CC1. The zero-order valence-electron chi connectivity index (χ0n) is 21.5. The molecule has 208 valence electrons. The lowest BCUT2D eigenvalue weighted by Gasteiger charge is -2.32. The lowest BCUT2D eigenvalue weighted by molar-refractivity contribution is -0.116. The molecule has 1 aliphatic rings. The third-order valence-electron chi connectivity index (χ3n) is 6.73. The summed E-state index contributed by atoms with van der Waals surface area (Å²) in [7, 11) is -3.44. The van der Waals surface area contributed by atoms with E-state index in [-0.39, 0.29) is 5.91 Å². The summed E-state index contributed by atoms with van der Waals surface area (Å²) in [6, 6.07) is 11.9. The van der Waals surface area contributed by atoms with Crippen LogP contribution in [0, 0.1) is 5.92 Å². The number of likely N-dealkylation sites (tertiary alicyclic amines) is 1. The molecular formula is C28H36BrCl2N3O3S. The molecule has 10 heteroatoms. The van der Waals surface area contributed by atoms with Gasteiger partial charge < -0.3 is 10.2 Å². The smallest absolute Gasteiger partial charge is 0.243 e. The first-order valence-corrected chi connectivity index (χ1v) is 16.1. The molecule has 0 saturated carbocycles. The Morgan fingerprint density at radius 1 is 0.974 bits per heavy atom. The highest BCUT2D eigenvalue weighted by Crippen LogP contribution is 2.24. The van der Waals surface area contributed by atoms with E-state index < -0.39 is 10.0 Å². The van der Waals surface area contributed by atoms with Crippen LogP contribution in [0.25, 0.3) is 6.08 Å². The number of hydrogen-bond donors (Lipinski definition) is 2. The number of nitrogens with one attached hydrogen (secondary N) is 2. The Kier molecular flexibility index (Phi) is 13.1. The van der Waals surface area contributed by atoms with Crippen LogP contribution in [-0.4, -0.2) is 51.9 Å². The van der Waals surface area contributed by atoms with Crippen molar-refractivity contribution in [2.45, 2.75) is 49.8 Å². The van der Waals surface area contributed by atoms with E-state index in [1.807, 2.05) is 6.07 Å². The van der Waals surface area contributed by atoms with E-state index in [1.165, 1.54) is 18.9 Å². The summed E-state index contributed by atoms with van der Waals surface area (Å²) in [5.41, 5.74) is 0.833. The summed E-state index contributed by atoms with van der Waals surface area (Å²) in [5.74, 6) is 0.551. The topological polar surface area (TPSA) is 78.5 Å². The molecular weight excluding hydrogens is 609 g/mol. The lowest BCUT2D eigenvalue weighted by atomic mass is 9.92. The highest BCUT2D eigenvalue weighted by molar-refractivity contribution is 9.10. The molecule has 1 heterocycles. The van der Waals surface area contributed by atoms with Crippen LogP contribution in [-0.2, 0) is 14.8 Å². The predicted octanol–water partition coefficient (Wildman–Crippen LogP) is 6.53. The number of piperidine rings is 1. The van der Waals surface area contributed by atoms with Crippen LogP contribution in [0.4, 0.5) is 0 Å². The van der Waals surface area contributed by atoms with Crippen molar-refractivity contribution in [3.05, 3.63) is 68.6 Å². The quantitative estimate of drug-likeness (QED) is 0.181. The zero-order valence-corrected chi connectivity index (χ0v) is 25.4. The van der Waals surface area contributed by atoms with E-state index in [0.717, 1.165) is 61.8 Å². The van der Waals surface area contributed by atoms with Crippen LogP contribution in [0.2, 0.25) is 10.0 Å². The van der Waals surface area contributed by atoms with Crippen molar-refractivity contribution >= 4 is 61.1 Å². The fourth-order valence-electron chi connectivity index (χ4n) is 4.49. The Labute approximate surface area is 245 Å². The van der Waals surface area contributed by atoms with Crippen LogP contribution < -0.4 is 10.0 Å². The fourth-order valence-corrected chi connectivity index (χ4v) is 6.13. The number of rotatable bonds is 14. The molecule has 6 nitrogen and oxygen atoms in total. The van der Waals surface area contributed by atoms with Crippen molar-refractivity contribution in [2.75, 3.05) is 32.7 Å². The largest absolute Gasteiger partial charge is 0.353 e. The molecule has 0 radical (unpaired) electrons. The van der Waals surface area contributed by atoms with Gasteiger partial charge in [-0.2, -0.15) is 0 Å². The average molecular weight is 645 g/mol. The zero-order chi connectivity index (χ0) is 27.4. The molecule has 3 rings (SSSR count). The first-order valence-electron chi connectivity index (χ1n) is 13.1. The van der Waals surface area contributed by atoms with Gasteiger partial charge in [-0.25, -0.2) is 13.1 Å². The minimum Gasteiger partial charge on any atom is -0.353 e. The van der Waals surface area contributed by atoms with Gasteiger partial charge in [0.2, 0.25) is 15.9 Å². The fraction of sp³-hybridized carbons (Fsp3) is 0.464. The van der Waals surface area contributed by atoms with Crippen LogP contribution in [0.3, 0.4) is 0 Å². The molecule has 0 unspecified atom stereocenters. The number of unbranched alkanes of at least 4 members (excludes halogenated alkanes) is 2. The Hall–Kier alpha value is -1.42. The van der Waals surface area contributed by atoms with E-state index in [2.05, 4.69) is 30.9 Å². The molecule has 0 atom stereocenters. The van der Waals surface area contributed by atoms with Crippen molar-refractivity contribution in [3.8, 4) is 0 Å². The second kappa shape index (κ2) is 16.0. The molecule has 2 N–H and O–H groups in total. The Bertz CT molecular complexity index is 1170. The number of benzene rings is 2. The number of carbonyl (C=O) groups is 1. The number of carbonyl (C=O) groups excluding carboxylic acids is 1. The second-order valence-corrected chi connectivity index (χ2v) is 13.1.